The van der Waals surface area contributed by atoms with E-state index in [9.17, 15) is 22.8 Å². The molecule has 1 amide bonds. The number of piperazine rings is 1. The lowest BCUT2D eigenvalue weighted by molar-refractivity contribution is -0.136. The first-order chi connectivity index (χ1) is 19.2. The fraction of sp³-hybridized carbons (Fsp3) is 0.429. The maximum absolute atomic E-state index is 14.2. The van der Waals surface area contributed by atoms with Crippen molar-refractivity contribution in [2.45, 2.75) is 37.9 Å². The van der Waals surface area contributed by atoms with Gasteiger partial charge in [0.2, 0.25) is 6.41 Å². The van der Waals surface area contributed by atoms with Crippen molar-refractivity contribution in [2.75, 3.05) is 26.2 Å². The van der Waals surface area contributed by atoms with Gasteiger partial charge in [0.15, 0.2) is 0 Å². The molecule has 0 spiro atoms. The molecule has 4 heterocycles. The molecule has 1 atom stereocenters. The molecule has 1 saturated carbocycles. The number of hydrogen-bond donors (Lipinski definition) is 0. The van der Waals surface area contributed by atoms with Gasteiger partial charge in [-0.15, -0.1) is 10.2 Å². The van der Waals surface area contributed by atoms with Crippen LogP contribution in [0.15, 0.2) is 53.8 Å². The highest BCUT2D eigenvalue weighted by Crippen LogP contribution is 2.43. The predicted molar refractivity (Wildman–Crippen MR) is 141 cm³/mol. The molecular weight excluding hydrogens is 523 g/mol. The molecule has 40 heavy (non-hydrogen) atoms. The third kappa shape index (κ3) is 4.80. The van der Waals surface area contributed by atoms with E-state index in [2.05, 4.69) is 10.2 Å². The van der Waals surface area contributed by atoms with E-state index in [-0.39, 0.29) is 18.0 Å². The largest absolute Gasteiger partial charge is 0.418 e. The molecule has 1 unspecified atom stereocenters. The number of carbonyl (C=O) groups is 1. The van der Waals surface area contributed by atoms with Crippen molar-refractivity contribution in [3.8, 4) is 5.69 Å². The number of alkyl halides is 3. The van der Waals surface area contributed by atoms with E-state index in [0.29, 0.717) is 43.3 Å². The molecule has 4 aromatic rings. The van der Waals surface area contributed by atoms with Crippen LogP contribution in [0.3, 0.4) is 0 Å². The molecule has 0 N–H and O–H groups in total. The molecule has 1 aliphatic carbocycles. The topological polar surface area (TPSA) is 80.7 Å². The summed E-state index contributed by atoms with van der Waals surface area (Å²) >= 11 is 0. The number of fused-ring (bicyclic) bond motifs is 1. The zero-order chi connectivity index (χ0) is 28.0. The molecule has 2 aliphatic rings. The van der Waals surface area contributed by atoms with Crippen LogP contribution in [0.2, 0.25) is 0 Å². The van der Waals surface area contributed by atoms with Gasteiger partial charge in [-0.25, -0.2) is 4.79 Å². The molecule has 1 aromatic carbocycles. The summed E-state index contributed by atoms with van der Waals surface area (Å²) in [5, 5.41) is 8.40. The predicted octanol–water partition coefficient (Wildman–Crippen LogP) is 3.44. The molecule has 6 rings (SSSR count). The summed E-state index contributed by atoms with van der Waals surface area (Å²) in [7, 11) is 1.90. The van der Waals surface area contributed by atoms with E-state index in [1.807, 2.05) is 34.7 Å². The summed E-state index contributed by atoms with van der Waals surface area (Å²) in [5.74, 6) is 1.19. The Hall–Kier alpha value is -3.93. The Labute approximate surface area is 228 Å². The van der Waals surface area contributed by atoms with Crippen molar-refractivity contribution in [3.05, 3.63) is 82.1 Å². The molecule has 9 nitrogen and oxygen atoms in total. The quantitative estimate of drug-likeness (QED) is 0.328. The van der Waals surface area contributed by atoms with Gasteiger partial charge in [0, 0.05) is 58.1 Å². The number of halogens is 3. The summed E-state index contributed by atoms with van der Waals surface area (Å²) < 4.78 is 46.9. The minimum atomic E-state index is -4.64. The zero-order valence-corrected chi connectivity index (χ0v) is 22.1. The van der Waals surface area contributed by atoms with Gasteiger partial charge in [0.05, 0.1) is 16.8 Å². The van der Waals surface area contributed by atoms with E-state index in [1.165, 1.54) is 17.0 Å². The highest BCUT2D eigenvalue weighted by molar-refractivity contribution is 5.58. The number of aromatic nitrogens is 5. The highest BCUT2D eigenvalue weighted by Gasteiger charge is 2.35. The van der Waals surface area contributed by atoms with Gasteiger partial charge < -0.3 is 9.47 Å². The molecule has 3 aromatic heterocycles. The molecular formula is C28H30F3N7O2. The van der Waals surface area contributed by atoms with Crippen molar-refractivity contribution in [3.63, 3.8) is 0 Å². The average molecular weight is 554 g/mol. The Morgan fingerprint density at radius 1 is 1.10 bits per heavy atom. The first-order valence-corrected chi connectivity index (χ1v) is 13.4. The summed E-state index contributed by atoms with van der Waals surface area (Å²) in [6.45, 7) is 2.38. The SMILES string of the molecule is Cn1cnnc1C(c1cccc(-n2cc3c(C(F)(F)F)cc(CN4CCN(C=O)CC4)cn3c2=O)c1)C1CCC1. The molecule has 0 radical (unpaired) electrons. The number of imidazole rings is 1. The summed E-state index contributed by atoms with van der Waals surface area (Å²) in [6.07, 6.45) is 3.82. The van der Waals surface area contributed by atoms with Crippen LogP contribution in [-0.4, -0.2) is 66.1 Å². The van der Waals surface area contributed by atoms with Gasteiger partial charge in [-0.3, -0.25) is 18.7 Å². The van der Waals surface area contributed by atoms with Gasteiger partial charge in [-0.2, -0.15) is 13.2 Å². The average Bonchev–Trinajstić information content (AvgIpc) is 3.48. The van der Waals surface area contributed by atoms with Crippen molar-refractivity contribution in [2.24, 2.45) is 13.0 Å². The third-order valence-corrected chi connectivity index (χ3v) is 8.24. The van der Waals surface area contributed by atoms with Gasteiger partial charge in [-0.1, -0.05) is 18.6 Å². The van der Waals surface area contributed by atoms with E-state index >= 15 is 0 Å². The fourth-order valence-corrected chi connectivity index (χ4v) is 5.88. The number of benzene rings is 1. The molecule has 1 aliphatic heterocycles. The van der Waals surface area contributed by atoms with Crippen LogP contribution < -0.4 is 5.69 Å². The number of pyridine rings is 1. The lowest BCUT2D eigenvalue weighted by atomic mass is 9.72. The van der Waals surface area contributed by atoms with Gasteiger partial charge in [0.25, 0.3) is 0 Å². The normalized spacial score (nSPS) is 17.8. The maximum atomic E-state index is 14.2. The monoisotopic (exact) mass is 553 g/mol. The number of rotatable bonds is 7. The maximum Gasteiger partial charge on any atom is 0.418 e. The standard InChI is InChI=1S/C28H30F3N7O2/c1-34-17-32-33-26(34)25(20-4-2-5-20)21-6-3-7-22(13-21)37-16-24-23(28(29,30)31)12-19(15-38(24)27(37)40)14-35-8-10-36(18-39)11-9-35/h3,6-7,12-13,15-18,20,25H,2,4-5,8-11,14H2,1H3. The van der Waals surface area contributed by atoms with Crippen LogP contribution in [-0.2, 0) is 24.6 Å². The zero-order valence-electron chi connectivity index (χ0n) is 22.1. The Balaban J connectivity index is 1.40. The van der Waals surface area contributed by atoms with E-state index in [0.717, 1.165) is 47.5 Å². The first-order valence-electron chi connectivity index (χ1n) is 13.4. The van der Waals surface area contributed by atoms with E-state index in [4.69, 9.17) is 0 Å². The van der Waals surface area contributed by atoms with E-state index in [1.54, 1.807) is 17.3 Å². The van der Waals surface area contributed by atoms with Crippen LogP contribution >= 0.6 is 0 Å². The smallest absolute Gasteiger partial charge is 0.343 e. The number of hydrogen-bond acceptors (Lipinski definition) is 5. The van der Waals surface area contributed by atoms with Gasteiger partial charge >= 0.3 is 11.9 Å². The van der Waals surface area contributed by atoms with Gasteiger partial charge in [-0.05, 0) is 48.1 Å². The second-order valence-electron chi connectivity index (χ2n) is 10.8. The summed E-state index contributed by atoms with van der Waals surface area (Å²) in [6, 6.07) is 8.54. The molecule has 1 saturated heterocycles. The lowest BCUT2D eigenvalue weighted by Crippen LogP contribution is -2.45. The minimum Gasteiger partial charge on any atom is -0.343 e. The van der Waals surface area contributed by atoms with Crippen LogP contribution in [0.25, 0.3) is 11.2 Å². The van der Waals surface area contributed by atoms with Crippen molar-refractivity contribution >= 4 is 11.9 Å². The summed E-state index contributed by atoms with van der Waals surface area (Å²) in [4.78, 5) is 28.2. The number of aryl methyl sites for hydroxylation is 1. The summed E-state index contributed by atoms with van der Waals surface area (Å²) in [5.41, 5.74) is 0.227. The van der Waals surface area contributed by atoms with Crippen molar-refractivity contribution < 1.29 is 18.0 Å². The van der Waals surface area contributed by atoms with Gasteiger partial charge in [0.1, 0.15) is 12.2 Å². The Morgan fingerprint density at radius 2 is 1.88 bits per heavy atom. The molecule has 210 valence electrons. The Morgan fingerprint density at radius 3 is 2.50 bits per heavy atom. The first kappa shape index (κ1) is 26.3. The fourth-order valence-electron chi connectivity index (χ4n) is 5.88. The second-order valence-corrected chi connectivity index (χ2v) is 10.8. The molecule has 0 bridgehead atoms. The molecule has 12 heteroatoms. The highest BCUT2D eigenvalue weighted by atomic mass is 19.4. The van der Waals surface area contributed by atoms with E-state index < -0.39 is 17.4 Å². The van der Waals surface area contributed by atoms with Crippen LogP contribution in [0.1, 0.15) is 47.7 Å². The number of amides is 1. The lowest BCUT2D eigenvalue weighted by Gasteiger charge is -2.33. The second kappa shape index (κ2) is 10.2. The van der Waals surface area contributed by atoms with Crippen molar-refractivity contribution in [1.82, 2.24) is 33.5 Å². The Bertz CT molecular complexity index is 1590. The van der Waals surface area contributed by atoms with Crippen LogP contribution in [0, 0.1) is 5.92 Å². The molecule has 2 fully saturated rings. The Kier molecular flexibility index (Phi) is 6.73. The minimum absolute atomic E-state index is 0.0223. The van der Waals surface area contributed by atoms with Crippen LogP contribution in [0.5, 0.6) is 0 Å². The third-order valence-electron chi connectivity index (χ3n) is 8.24. The number of carbonyl (C=O) groups excluding carboxylic acids is 1. The van der Waals surface area contributed by atoms with Crippen LogP contribution in [0.4, 0.5) is 13.2 Å². The van der Waals surface area contributed by atoms with Crippen molar-refractivity contribution in [1.29, 1.82) is 0 Å². The number of nitrogens with zero attached hydrogens (tertiary/aromatic N) is 7.